The molecule has 0 radical (unpaired) electrons. The van der Waals surface area contributed by atoms with Gasteiger partial charge in [0.2, 0.25) is 10.0 Å². The Morgan fingerprint density at radius 1 is 0.821 bits per heavy atom. The van der Waals surface area contributed by atoms with Gasteiger partial charge in [0.1, 0.15) is 4.90 Å². The van der Waals surface area contributed by atoms with E-state index >= 15 is 0 Å². The summed E-state index contributed by atoms with van der Waals surface area (Å²) in [6.07, 6.45) is 6.39. The molecule has 142 valence electrons. The fourth-order valence-electron chi connectivity index (χ4n) is 2.85. The maximum absolute atomic E-state index is 12.9. The number of hydrogen-bond donors (Lipinski definition) is 0. The monoisotopic (exact) mass is 393 g/mol. The Kier molecular flexibility index (Phi) is 4.81. The third kappa shape index (κ3) is 3.60. The van der Waals surface area contributed by atoms with Crippen LogP contribution in [0.15, 0.2) is 90.3 Å². The van der Waals surface area contributed by atoms with Crippen molar-refractivity contribution in [3.05, 3.63) is 91.0 Å². The smallest absolute Gasteiger partial charge is 0.241 e. The summed E-state index contributed by atoms with van der Waals surface area (Å²) in [5.41, 5.74) is 2.52. The highest BCUT2D eigenvalue weighted by Gasteiger charge is 2.23. The molecule has 28 heavy (non-hydrogen) atoms. The third-order valence-electron chi connectivity index (χ3n) is 4.35. The summed E-state index contributed by atoms with van der Waals surface area (Å²) >= 11 is 0. The minimum atomic E-state index is -3.67. The first-order valence-corrected chi connectivity index (χ1v) is 10.1. The molecule has 0 aliphatic rings. The van der Waals surface area contributed by atoms with Gasteiger partial charge in [-0.3, -0.25) is 0 Å². The second-order valence-electron chi connectivity index (χ2n) is 6.35. The van der Waals surface area contributed by atoms with Gasteiger partial charge in [0.25, 0.3) is 0 Å². The first-order valence-electron chi connectivity index (χ1n) is 8.69. The van der Waals surface area contributed by atoms with Crippen molar-refractivity contribution in [3.63, 3.8) is 0 Å². The van der Waals surface area contributed by atoms with Crippen LogP contribution in [0.3, 0.4) is 0 Å². The van der Waals surface area contributed by atoms with Crippen LogP contribution in [0, 0.1) is 0 Å². The van der Waals surface area contributed by atoms with Crippen LogP contribution in [0.2, 0.25) is 0 Å². The minimum absolute atomic E-state index is 0.148. The topological polar surface area (TPSA) is 73.0 Å². The van der Waals surface area contributed by atoms with Crippen molar-refractivity contribution < 1.29 is 8.42 Å². The van der Waals surface area contributed by atoms with Crippen molar-refractivity contribution in [1.29, 1.82) is 0 Å². The van der Waals surface area contributed by atoms with E-state index in [2.05, 4.69) is 10.2 Å². The first kappa shape index (κ1) is 18.1. The lowest BCUT2D eigenvalue weighted by Crippen LogP contribution is -2.26. The second kappa shape index (κ2) is 7.41. The van der Waals surface area contributed by atoms with Gasteiger partial charge in [-0.1, -0.05) is 36.4 Å². The summed E-state index contributed by atoms with van der Waals surface area (Å²) in [7, 11) is -2.12. The van der Waals surface area contributed by atoms with Gasteiger partial charge >= 0.3 is 0 Å². The van der Waals surface area contributed by atoms with Crippen LogP contribution in [0.1, 0.15) is 5.56 Å². The zero-order valence-corrected chi connectivity index (χ0v) is 16.1. The van der Waals surface area contributed by atoms with Gasteiger partial charge in [-0.25, -0.2) is 17.8 Å². The molecule has 0 bridgehead atoms. The number of para-hydroxylation sites is 2. The maximum atomic E-state index is 12.9. The highest BCUT2D eigenvalue weighted by Crippen LogP contribution is 2.18. The summed E-state index contributed by atoms with van der Waals surface area (Å²) in [6, 6.07) is 19.1. The molecule has 8 heteroatoms. The van der Waals surface area contributed by atoms with Gasteiger partial charge in [-0.2, -0.15) is 14.5 Å². The molecule has 0 spiro atoms. The van der Waals surface area contributed by atoms with Gasteiger partial charge in [0.05, 0.1) is 30.0 Å². The van der Waals surface area contributed by atoms with Crippen LogP contribution >= 0.6 is 0 Å². The van der Waals surface area contributed by atoms with Crippen molar-refractivity contribution >= 4 is 10.0 Å². The van der Waals surface area contributed by atoms with Gasteiger partial charge < -0.3 is 0 Å². The number of aromatic nitrogens is 4. The van der Waals surface area contributed by atoms with Crippen LogP contribution in [0.25, 0.3) is 11.4 Å². The quantitative estimate of drug-likeness (QED) is 0.505. The maximum Gasteiger partial charge on any atom is 0.246 e. The summed E-state index contributed by atoms with van der Waals surface area (Å²) in [5, 5.41) is 8.50. The van der Waals surface area contributed by atoms with E-state index in [1.165, 1.54) is 16.7 Å². The molecule has 0 unspecified atom stereocenters. The molecule has 2 aromatic carbocycles. The Morgan fingerprint density at radius 2 is 1.36 bits per heavy atom. The number of hydrogen-bond acceptors (Lipinski definition) is 4. The highest BCUT2D eigenvalue weighted by molar-refractivity contribution is 7.89. The molecule has 0 N–H and O–H groups in total. The fraction of sp³-hybridized carbons (Fsp3) is 0.100. The van der Waals surface area contributed by atoms with Gasteiger partial charge in [0.15, 0.2) is 0 Å². The van der Waals surface area contributed by atoms with Crippen LogP contribution in [-0.2, 0) is 16.6 Å². The Labute approximate surface area is 163 Å². The highest BCUT2D eigenvalue weighted by atomic mass is 32.2. The van der Waals surface area contributed by atoms with Gasteiger partial charge in [-0.05, 0) is 24.3 Å². The standard InChI is InChI=1S/C20H19N5O2S/c1-23(14-17-12-21-24(15-17)18-8-4-2-5-9-18)28(26,27)20-13-22-25(16-20)19-10-6-3-7-11-19/h2-13,15-16H,14H2,1H3. The molecule has 2 heterocycles. The van der Waals surface area contributed by atoms with E-state index in [-0.39, 0.29) is 11.4 Å². The van der Waals surface area contributed by atoms with Crippen molar-refractivity contribution in [2.24, 2.45) is 0 Å². The molecule has 2 aromatic heterocycles. The molecule has 0 saturated heterocycles. The SMILES string of the molecule is CN(Cc1cnn(-c2ccccc2)c1)S(=O)(=O)c1cnn(-c2ccccc2)c1. The Hall–Kier alpha value is -3.23. The minimum Gasteiger partial charge on any atom is -0.241 e. The number of sulfonamides is 1. The zero-order chi connectivity index (χ0) is 19.6. The summed E-state index contributed by atoms with van der Waals surface area (Å²) in [4.78, 5) is 0.148. The Morgan fingerprint density at radius 3 is 1.96 bits per heavy atom. The third-order valence-corrected chi connectivity index (χ3v) is 6.11. The molecule has 4 rings (SSSR count). The van der Waals surface area contributed by atoms with E-state index in [1.807, 2.05) is 66.9 Å². The number of nitrogens with zero attached hydrogens (tertiary/aromatic N) is 5. The summed E-state index contributed by atoms with van der Waals surface area (Å²) < 4.78 is 30.4. The van der Waals surface area contributed by atoms with E-state index in [0.717, 1.165) is 16.9 Å². The summed E-state index contributed by atoms with van der Waals surface area (Å²) in [5.74, 6) is 0. The molecular formula is C20H19N5O2S. The molecule has 4 aromatic rings. The Bertz CT molecular complexity index is 1170. The van der Waals surface area contributed by atoms with Gasteiger partial charge in [0, 0.05) is 25.4 Å². The van der Waals surface area contributed by atoms with E-state index in [0.29, 0.717) is 0 Å². The van der Waals surface area contributed by atoms with E-state index in [4.69, 9.17) is 0 Å². The van der Waals surface area contributed by atoms with Crippen LogP contribution in [0.5, 0.6) is 0 Å². The molecule has 0 fully saturated rings. The van der Waals surface area contributed by atoms with Crippen molar-refractivity contribution in [2.75, 3.05) is 7.05 Å². The zero-order valence-electron chi connectivity index (χ0n) is 15.3. The first-order chi connectivity index (χ1) is 13.5. The molecule has 0 atom stereocenters. The van der Waals surface area contributed by atoms with Crippen LogP contribution in [0.4, 0.5) is 0 Å². The second-order valence-corrected chi connectivity index (χ2v) is 8.39. The molecule has 0 aliphatic carbocycles. The molecular weight excluding hydrogens is 374 g/mol. The Balaban J connectivity index is 1.52. The van der Waals surface area contributed by atoms with Gasteiger partial charge in [-0.15, -0.1) is 0 Å². The predicted molar refractivity (Wildman–Crippen MR) is 106 cm³/mol. The largest absolute Gasteiger partial charge is 0.246 e. The lowest BCUT2D eigenvalue weighted by molar-refractivity contribution is 0.466. The number of benzene rings is 2. The molecule has 7 nitrogen and oxygen atoms in total. The summed E-state index contributed by atoms with van der Waals surface area (Å²) in [6.45, 7) is 0.214. The van der Waals surface area contributed by atoms with Crippen molar-refractivity contribution in [3.8, 4) is 11.4 Å². The predicted octanol–water partition coefficient (Wildman–Crippen LogP) is 2.88. The van der Waals surface area contributed by atoms with Crippen LogP contribution < -0.4 is 0 Å². The van der Waals surface area contributed by atoms with Crippen LogP contribution in [-0.4, -0.2) is 39.3 Å². The van der Waals surface area contributed by atoms with Crippen molar-refractivity contribution in [1.82, 2.24) is 23.9 Å². The van der Waals surface area contributed by atoms with Crippen molar-refractivity contribution in [2.45, 2.75) is 11.4 Å². The average molecular weight is 393 g/mol. The normalized spacial score (nSPS) is 11.8. The molecule has 0 amide bonds. The molecule has 0 saturated carbocycles. The number of rotatable bonds is 6. The average Bonchev–Trinajstić information content (AvgIpc) is 3.40. The molecule has 0 aliphatic heterocycles. The lowest BCUT2D eigenvalue weighted by atomic mass is 10.3. The lowest BCUT2D eigenvalue weighted by Gasteiger charge is -2.14. The van der Waals surface area contributed by atoms with E-state index in [9.17, 15) is 8.42 Å². The fourth-order valence-corrected chi connectivity index (χ4v) is 3.94. The van der Waals surface area contributed by atoms with E-state index in [1.54, 1.807) is 22.6 Å². The van der Waals surface area contributed by atoms with E-state index < -0.39 is 10.0 Å².